The maximum atomic E-state index is 2.66. The summed E-state index contributed by atoms with van der Waals surface area (Å²) in [6, 6.07) is 9.30. The summed E-state index contributed by atoms with van der Waals surface area (Å²) >= 11 is 0. The number of piperidine rings is 1. The molecule has 0 aliphatic carbocycles. The minimum absolute atomic E-state index is 0.243. The molecule has 0 saturated carbocycles. The number of benzene rings is 1. The lowest BCUT2D eigenvalue weighted by Gasteiger charge is -2.47. The first-order chi connectivity index (χ1) is 9.37. The van der Waals surface area contributed by atoms with Gasteiger partial charge in [-0.2, -0.15) is 0 Å². The van der Waals surface area contributed by atoms with Crippen molar-refractivity contribution >= 4 is 5.69 Å². The van der Waals surface area contributed by atoms with Crippen LogP contribution >= 0.6 is 0 Å². The predicted molar refractivity (Wildman–Crippen MR) is 89.7 cm³/mol. The Hall–Kier alpha value is -0.980. The minimum Gasteiger partial charge on any atom is -0.366 e. The van der Waals surface area contributed by atoms with Crippen LogP contribution in [0.2, 0.25) is 0 Å². The molecule has 0 bridgehead atoms. The first-order valence-corrected chi connectivity index (χ1v) is 8.25. The molecule has 2 rings (SSSR count). The lowest BCUT2D eigenvalue weighted by atomic mass is 9.83. The highest BCUT2D eigenvalue weighted by molar-refractivity contribution is 5.51. The number of hydrogen-bond acceptors (Lipinski definition) is 1. The van der Waals surface area contributed by atoms with Crippen LogP contribution in [0.3, 0.4) is 0 Å². The summed E-state index contributed by atoms with van der Waals surface area (Å²) in [5, 5.41) is 0. The first-order valence-electron chi connectivity index (χ1n) is 8.25. The Bertz CT molecular complexity index is 422. The van der Waals surface area contributed by atoms with Crippen molar-refractivity contribution < 1.29 is 0 Å². The highest BCUT2D eigenvalue weighted by atomic mass is 15.2. The van der Waals surface area contributed by atoms with Crippen LogP contribution in [0, 0.1) is 0 Å². The van der Waals surface area contributed by atoms with E-state index in [0.717, 1.165) is 0 Å². The Morgan fingerprint density at radius 1 is 1.10 bits per heavy atom. The quantitative estimate of drug-likeness (QED) is 0.699. The highest BCUT2D eigenvalue weighted by Gasteiger charge is 2.33. The lowest BCUT2D eigenvalue weighted by molar-refractivity contribution is 0.311. The molecule has 1 saturated heterocycles. The van der Waals surface area contributed by atoms with E-state index in [1.165, 1.54) is 49.9 Å². The second-order valence-corrected chi connectivity index (χ2v) is 7.65. The molecule has 0 radical (unpaired) electrons. The molecule has 20 heavy (non-hydrogen) atoms. The van der Waals surface area contributed by atoms with Gasteiger partial charge in [0.1, 0.15) is 0 Å². The molecule has 1 aromatic rings. The van der Waals surface area contributed by atoms with E-state index in [1.807, 2.05) is 0 Å². The van der Waals surface area contributed by atoms with Crippen molar-refractivity contribution in [1.82, 2.24) is 0 Å². The van der Waals surface area contributed by atoms with Gasteiger partial charge in [-0.05, 0) is 55.7 Å². The van der Waals surface area contributed by atoms with Crippen molar-refractivity contribution in [3.05, 3.63) is 29.8 Å². The number of anilines is 1. The van der Waals surface area contributed by atoms with Gasteiger partial charge in [0.25, 0.3) is 0 Å². The Labute approximate surface area is 125 Å². The molecule has 1 nitrogen and oxygen atoms in total. The summed E-state index contributed by atoms with van der Waals surface area (Å²) < 4.78 is 0. The van der Waals surface area contributed by atoms with Crippen LogP contribution in [0.1, 0.15) is 72.3 Å². The van der Waals surface area contributed by atoms with Crippen LogP contribution in [-0.2, 0) is 5.41 Å². The third-order valence-corrected chi connectivity index (χ3v) is 4.83. The maximum Gasteiger partial charge on any atom is 0.0374 e. The van der Waals surface area contributed by atoms with Gasteiger partial charge in [0, 0.05) is 17.8 Å². The Morgan fingerprint density at radius 3 is 2.30 bits per heavy atom. The normalized spacial score (nSPS) is 23.9. The Morgan fingerprint density at radius 2 is 1.75 bits per heavy atom. The van der Waals surface area contributed by atoms with E-state index in [9.17, 15) is 0 Å². The molecule has 1 aliphatic heterocycles. The van der Waals surface area contributed by atoms with Gasteiger partial charge >= 0.3 is 0 Å². The van der Waals surface area contributed by atoms with Gasteiger partial charge in [0.15, 0.2) is 0 Å². The van der Waals surface area contributed by atoms with Crippen LogP contribution in [0.25, 0.3) is 0 Å². The van der Waals surface area contributed by atoms with Crippen LogP contribution < -0.4 is 4.90 Å². The zero-order valence-electron chi connectivity index (χ0n) is 14.0. The summed E-state index contributed by atoms with van der Waals surface area (Å²) in [6.45, 7) is 12.8. The first kappa shape index (κ1) is 15.4. The second kappa shape index (κ2) is 5.79. The monoisotopic (exact) mass is 273 g/mol. The molecule has 0 spiro atoms. The van der Waals surface area contributed by atoms with Crippen molar-refractivity contribution in [2.45, 2.75) is 77.7 Å². The molecule has 0 N–H and O–H groups in total. The standard InChI is InChI=1S/C19H31N/c1-6-13-19(5)14-7-8-15-20(19)17-11-9-16(10-12-17)18(2,3)4/h9-12H,6-8,13-15H2,1-5H3. The molecular formula is C19H31N. The fourth-order valence-electron chi connectivity index (χ4n) is 3.56. The molecule has 1 heterocycles. The molecule has 1 heteroatoms. The SMILES string of the molecule is CCCC1(C)CCCCN1c1ccc(C(C)(C)C)cc1. The third-order valence-electron chi connectivity index (χ3n) is 4.83. The summed E-state index contributed by atoms with van der Waals surface area (Å²) in [5.74, 6) is 0. The Kier molecular flexibility index (Phi) is 4.46. The number of nitrogens with zero attached hydrogens (tertiary/aromatic N) is 1. The van der Waals surface area contributed by atoms with Crippen molar-refractivity contribution in [3.63, 3.8) is 0 Å². The van der Waals surface area contributed by atoms with Gasteiger partial charge in [-0.3, -0.25) is 0 Å². The van der Waals surface area contributed by atoms with E-state index in [-0.39, 0.29) is 5.41 Å². The van der Waals surface area contributed by atoms with Crippen molar-refractivity contribution in [1.29, 1.82) is 0 Å². The van der Waals surface area contributed by atoms with Gasteiger partial charge < -0.3 is 4.90 Å². The molecule has 1 aliphatic rings. The largest absolute Gasteiger partial charge is 0.366 e. The Balaban J connectivity index is 2.24. The maximum absolute atomic E-state index is 2.66. The zero-order valence-corrected chi connectivity index (χ0v) is 14.0. The lowest BCUT2D eigenvalue weighted by Crippen LogP contribution is -2.49. The minimum atomic E-state index is 0.243. The van der Waals surface area contributed by atoms with E-state index in [2.05, 4.69) is 63.8 Å². The van der Waals surface area contributed by atoms with Gasteiger partial charge in [0.2, 0.25) is 0 Å². The smallest absolute Gasteiger partial charge is 0.0374 e. The average Bonchev–Trinajstić information content (AvgIpc) is 2.38. The van der Waals surface area contributed by atoms with E-state index >= 15 is 0 Å². The van der Waals surface area contributed by atoms with Gasteiger partial charge in [0.05, 0.1) is 0 Å². The van der Waals surface area contributed by atoms with Gasteiger partial charge in [-0.1, -0.05) is 46.2 Å². The topological polar surface area (TPSA) is 3.24 Å². The van der Waals surface area contributed by atoms with Crippen LogP contribution in [0.4, 0.5) is 5.69 Å². The molecule has 112 valence electrons. The predicted octanol–water partition coefficient (Wildman–Crippen LogP) is 5.53. The van der Waals surface area contributed by atoms with Crippen molar-refractivity contribution in [3.8, 4) is 0 Å². The molecule has 0 amide bonds. The van der Waals surface area contributed by atoms with Crippen LogP contribution in [0.5, 0.6) is 0 Å². The zero-order chi connectivity index (χ0) is 14.8. The van der Waals surface area contributed by atoms with E-state index in [0.29, 0.717) is 5.54 Å². The summed E-state index contributed by atoms with van der Waals surface area (Å²) in [7, 11) is 0. The summed E-state index contributed by atoms with van der Waals surface area (Å²) in [6.07, 6.45) is 6.62. The van der Waals surface area contributed by atoms with Crippen molar-refractivity contribution in [2.24, 2.45) is 0 Å². The fraction of sp³-hybridized carbons (Fsp3) is 0.684. The van der Waals surface area contributed by atoms with Gasteiger partial charge in [-0.15, -0.1) is 0 Å². The summed E-state index contributed by atoms with van der Waals surface area (Å²) in [4.78, 5) is 2.66. The van der Waals surface area contributed by atoms with E-state index in [1.54, 1.807) is 0 Å². The van der Waals surface area contributed by atoms with Crippen LogP contribution in [0.15, 0.2) is 24.3 Å². The molecule has 1 fully saturated rings. The average molecular weight is 273 g/mol. The molecule has 0 aromatic heterocycles. The molecule has 1 unspecified atom stereocenters. The van der Waals surface area contributed by atoms with E-state index in [4.69, 9.17) is 0 Å². The molecular weight excluding hydrogens is 242 g/mol. The molecule has 1 atom stereocenters. The second-order valence-electron chi connectivity index (χ2n) is 7.65. The van der Waals surface area contributed by atoms with Crippen LogP contribution in [-0.4, -0.2) is 12.1 Å². The van der Waals surface area contributed by atoms with Crippen molar-refractivity contribution in [2.75, 3.05) is 11.4 Å². The third kappa shape index (κ3) is 3.19. The number of rotatable bonds is 3. The summed E-state index contributed by atoms with van der Waals surface area (Å²) in [5.41, 5.74) is 3.44. The molecule has 1 aromatic carbocycles. The van der Waals surface area contributed by atoms with E-state index < -0.39 is 0 Å². The van der Waals surface area contributed by atoms with Gasteiger partial charge in [-0.25, -0.2) is 0 Å². The fourth-order valence-corrected chi connectivity index (χ4v) is 3.56. The highest BCUT2D eigenvalue weighted by Crippen LogP contribution is 2.36. The number of hydrogen-bond donors (Lipinski definition) is 0.